The summed E-state index contributed by atoms with van der Waals surface area (Å²) in [4.78, 5) is 0. The number of aliphatic hydroxyl groups excluding tert-OH is 1. The molecule has 0 aromatic rings. The topological polar surface area (TPSA) is 29.5 Å². The smallest absolute Gasteiger partial charge is 0.0640 e. The number of hydrogen-bond acceptors (Lipinski definition) is 2. The molecule has 1 N–H and O–H groups in total. The van der Waals surface area contributed by atoms with Gasteiger partial charge in [-0.1, -0.05) is 46.0 Å². The van der Waals surface area contributed by atoms with Crippen LogP contribution in [0.4, 0.5) is 0 Å². The van der Waals surface area contributed by atoms with Crippen LogP contribution >= 0.6 is 0 Å². The van der Waals surface area contributed by atoms with Crippen molar-refractivity contribution in [2.75, 3.05) is 13.2 Å². The quantitative estimate of drug-likeness (QED) is 0.629. The predicted octanol–water partition coefficient (Wildman–Crippen LogP) is 3.13. The molecule has 0 saturated carbocycles. The first-order valence-corrected chi connectivity index (χ1v) is 6.51. The van der Waals surface area contributed by atoms with Gasteiger partial charge in [-0.25, -0.2) is 0 Å². The minimum atomic E-state index is -0.136. The summed E-state index contributed by atoms with van der Waals surface area (Å²) in [5.41, 5.74) is 0.115. The lowest BCUT2D eigenvalue weighted by atomic mass is 9.74. The highest BCUT2D eigenvalue weighted by molar-refractivity contribution is 4.91. The zero-order chi connectivity index (χ0) is 11.1. The highest BCUT2D eigenvalue weighted by Gasteiger charge is 2.43. The molecule has 0 aliphatic carbocycles. The molecule has 90 valence electrons. The Morgan fingerprint density at radius 1 is 1.13 bits per heavy atom. The summed E-state index contributed by atoms with van der Waals surface area (Å²) in [5.74, 6) is 0. The normalized spacial score (nSPS) is 21.0. The summed E-state index contributed by atoms with van der Waals surface area (Å²) >= 11 is 0. The molecule has 1 aliphatic heterocycles. The molecule has 0 aromatic carbocycles. The molecule has 1 aliphatic rings. The van der Waals surface area contributed by atoms with Crippen molar-refractivity contribution in [3.8, 4) is 0 Å². The third-order valence-corrected chi connectivity index (χ3v) is 3.60. The molecule has 0 aromatic heterocycles. The second-order valence-corrected chi connectivity index (χ2v) is 4.97. The monoisotopic (exact) mass is 214 g/mol. The van der Waals surface area contributed by atoms with Gasteiger partial charge < -0.3 is 9.84 Å². The van der Waals surface area contributed by atoms with Gasteiger partial charge in [-0.2, -0.15) is 0 Å². The van der Waals surface area contributed by atoms with Crippen LogP contribution in [0.3, 0.4) is 0 Å². The summed E-state index contributed by atoms with van der Waals surface area (Å²) in [6, 6.07) is 0. The van der Waals surface area contributed by atoms with Gasteiger partial charge in [0.05, 0.1) is 19.3 Å². The molecule has 15 heavy (non-hydrogen) atoms. The standard InChI is InChI=1S/C13H26O2/c1-3-5-7-9-13(10-15-11-13)12(14)8-6-4-2/h12,14H,3-11H2,1-2H3. The Labute approximate surface area is 94.0 Å². The molecule has 0 radical (unpaired) electrons. The largest absolute Gasteiger partial charge is 0.392 e. The minimum Gasteiger partial charge on any atom is -0.392 e. The fourth-order valence-corrected chi connectivity index (χ4v) is 2.30. The van der Waals surface area contributed by atoms with Crippen molar-refractivity contribution in [1.29, 1.82) is 0 Å². The molecule has 2 nitrogen and oxygen atoms in total. The van der Waals surface area contributed by atoms with Crippen molar-refractivity contribution in [3.63, 3.8) is 0 Å². The zero-order valence-electron chi connectivity index (χ0n) is 10.3. The van der Waals surface area contributed by atoms with E-state index >= 15 is 0 Å². The van der Waals surface area contributed by atoms with Gasteiger partial charge in [-0.3, -0.25) is 0 Å². The average molecular weight is 214 g/mol. The van der Waals surface area contributed by atoms with Gasteiger partial charge in [-0.15, -0.1) is 0 Å². The minimum absolute atomic E-state index is 0.115. The fraction of sp³-hybridized carbons (Fsp3) is 1.00. The summed E-state index contributed by atoms with van der Waals surface area (Å²) in [7, 11) is 0. The van der Waals surface area contributed by atoms with E-state index in [0.29, 0.717) is 0 Å². The SMILES string of the molecule is CCCCCC1(C(O)CCCC)COC1. The van der Waals surface area contributed by atoms with Gasteiger partial charge in [-0.05, 0) is 12.8 Å². The van der Waals surface area contributed by atoms with Gasteiger partial charge in [0, 0.05) is 5.41 Å². The molecular weight excluding hydrogens is 188 g/mol. The molecule has 1 saturated heterocycles. The van der Waals surface area contributed by atoms with Crippen LogP contribution in [0.15, 0.2) is 0 Å². The number of ether oxygens (including phenoxy) is 1. The molecule has 1 unspecified atom stereocenters. The van der Waals surface area contributed by atoms with Crippen molar-refractivity contribution in [3.05, 3.63) is 0 Å². The fourth-order valence-electron chi connectivity index (χ4n) is 2.30. The highest BCUT2D eigenvalue weighted by atomic mass is 16.5. The Morgan fingerprint density at radius 2 is 1.80 bits per heavy atom. The lowest BCUT2D eigenvalue weighted by molar-refractivity contribution is -0.178. The van der Waals surface area contributed by atoms with Gasteiger partial charge in [0.2, 0.25) is 0 Å². The third kappa shape index (κ3) is 3.46. The Kier molecular flexibility index (Phi) is 5.62. The first-order valence-electron chi connectivity index (χ1n) is 6.51. The maximum Gasteiger partial charge on any atom is 0.0640 e. The van der Waals surface area contributed by atoms with Gasteiger partial charge in [0.25, 0.3) is 0 Å². The lowest BCUT2D eigenvalue weighted by Gasteiger charge is -2.45. The Bertz CT molecular complexity index is 164. The van der Waals surface area contributed by atoms with E-state index in [-0.39, 0.29) is 11.5 Å². The van der Waals surface area contributed by atoms with Gasteiger partial charge in [0.1, 0.15) is 0 Å². The highest BCUT2D eigenvalue weighted by Crippen LogP contribution is 2.38. The molecule has 0 amide bonds. The van der Waals surface area contributed by atoms with Crippen LogP contribution in [-0.2, 0) is 4.74 Å². The molecule has 0 bridgehead atoms. The lowest BCUT2D eigenvalue weighted by Crippen LogP contribution is -2.51. The second-order valence-electron chi connectivity index (χ2n) is 4.97. The summed E-state index contributed by atoms with van der Waals surface area (Å²) in [6.07, 6.45) is 8.04. The van der Waals surface area contributed by atoms with Crippen molar-refractivity contribution in [2.45, 2.75) is 64.9 Å². The van der Waals surface area contributed by atoms with Gasteiger partial charge >= 0.3 is 0 Å². The summed E-state index contributed by atoms with van der Waals surface area (Å²) in [6.45, 7) is 5.95. The maximum absolute atomic E-state index is 10.2. The first-order chi connectivity index (χ1) is 7.25. The predicted molar refractivity (Wildman–Crippen MR) is 62.9 cm³/mol. The van der Waals surface area contributed by atoms with Crippen molar-refractivity contribution < 1.29 is 9.84 Å². The maximum atomic E-state index is 10.2. The van der Waals surface area contributed by atoms with Crippen LogP contribution in [0.25, 0.3) is 0 Å². The number of unbranched alkanes of at least 4 members (excludes halogenated alkanes) is 3. The molecule has 1 atom stereocenters. The Hall–Kier alpha value is -0.0800. The van der Waals surface area contributed by atoms with Crippen LogP contribution in [0.1, 0.15) is 58.8 Å². The van der Waals surface area contributed by atoms with E-state index in [2.05, 4.69) is 13.8 Å². The number of rotatable bonds is 8. The molecule has 2 heteroatoms. The zero-order valence-corrected chi connectivity index (χ0v) is 10.3. The van der Waals surface area contributed by atoms with Crippen molar-refractivity contribution in [1.82, 2.24) is 0 Å². The van der Waals surface area contributed by atoms with Crippen molar-refractivity contribution >= 4 is 0 Å². The van der Waals surface area contributed by atoms with E-state index in [1.807, 2.05) is 0 Å². The third-order valence-electron chi connectivity index (χ3n) is 3.60. The van der Waals surface area contributed by atoms with E-state index in [0.717, 1.165) is 32.5 Å². The molecule has 1 rings (SSSR count). The van der Waals surface area contributed by atoms with Gasteiger partial charge in [0.15, 0.2) is 0 Å². The van der Waals surface area contributed by atoms with E-state index in [9.17, 15) is 5.11 Å². The number of hydrogen-bond donors (Lipinski definition) is 1. The molecule has 1 fully saturated rings. The van der Waals surface area contributed by atoms with E-state index in [4.69, 9.17) is 4.74 Å². The summed E-state index contributed by atoms with van der Waals surface area (Å²) < 4.78 is 5.31. The molecule has 1 heterocycles. The number of aliphatic hydroxyl groups is 1. The average Bonchev–Trinajstić information content (AvgIpc) is 2.18. The van der Waals surface area contributed by atoms with E-state index in [1.165, 1.54) is 25.7 Å². The second kappa shape index (κ2) is 6.49. The van der Waals surface area contributed by atoms with E-state index in [1.54, 1.807) is 0 Å². The van der Waals surface area contributed by atoms with Crippen LogP contribution in [0.5, 0.6) is 0 Å². The Balaban J connectivity index is 2.30. The molecular formula is C13H26O2. The van der Waals surface area contributed by atoms with Crippen molar-refractivity contribution in [2.24, 2.45) is 5.41 Å². The molecule has 0 spiro atoms. The summed E-state index contributed by atoms with van der Waals surface area (Å²) in [5, 5.41) is 10.2. The Morgan fingerprint density at radius 3 is 2.27 bits per heavy atom. The van der Waals surface area contributed by atoms with Crippen LogP contribution in [-0.4, -0.2) is 24.4 Å². The van der Waals surface area contributed by atoms with Crippen LogP contribution < -0.4 is 0 Å². The van der Waals surface area contributed by atoms with E-state index < -0.39 is 0 Å². The van der Waals surface area contributed by atoms with Crippen LogP contribution in [0.2, 0.25) is 0 Å². The first kappa shape index (κ1) is 13.0. The van der Waals surface area contributed by atoms with Crippen LogP contribution in [0, 0.1) is 5.41 Å².